The summed E-state index contributed by atoms with van der Waals surface area (Å²) in [5.41, 5.74) is 0. The Hall–Kier alpha value is -2.58. The van der Waals surface area contributed by atoms with E-state index in [0.717, 1.165) is 83.5 Å². The number of phosphoric ester groups is 1. The maximum atomic E-state index is 13.1. The molecule has 8 nitrogen and oxygen atoms in total. The van der Waals surface area contributed by atoms with Gasteiger partial charge < -0.3 is 28.8 Å². The number of carbonyl (C=O) groups excluding carboxylic acids is 1. The number of amides is 1. The van der Waals surface area contributed by atoms with Crippen LogP contribution in [0.5, 0.6) is 0 Å². The van der Waals surface area contributed by atoms with E-state index in [0.29, 0.717) is 17.4 Å². The topological polar surface area (TPSA) is 108 Å². The number of hydrogen-bond acceptors (Lipinski definition) is 6. The molecule has 1 amide bonds. The van der Waals surface area contributed by atoms with Crippen molar-refractivity contribution in [2.45, 2.75) is 386 Å². The molecule has 0 aromatic carbocycles. The van der Waals surface area contributed by atoms with Crippen molar-refractivity contribution in [1.29, 1.82) is 0 Å². The number of hydrogen-bond donors (Lipinski definition) is 2. The molecule has 0 radical (unpaired) electrons. The molecular weight excluding hydrogens is 1150 g/mol. The van der Waals surface area contributed by atoms with Gasteiger partial charge in [0.2, 0.25) is 5.91 Å². The lowest BCUT2D eigenvalue weighted by Gasteiger charge is -2.29. The van der Waals surface area contributed by atoms with Gasteiger partial charge >= 0.3 is 0 Å². The van der Waals surface area contributed by atoms with Crippen LogP contribution in [-0.4, -0.2) is 68.5 Å². The molecule has 0 aliphatic carbocycles. The Balaban J connectivity index is 3.99. The van der Waals surface area contributed by atoms with Crippen molar-refractivity contribution in [2.24, 2.45) is 0 Å². The average Bonchev–Trinajstić information content (AvgIpc) is 2.63. The summed E-state index contributed by atoms with van der Waals surface area (Å²) in [6.45, 7) is 4.58. The minimum atomic E-state index is -4.61. The van der Waals surface area contributed by atoms with Gasteiger partial charge in [0.25, 0.3) is 7.82 Å². The van der Waals surface area contributed by atoms with E-state index >= 15 is 0 Å². The van der Waals surface area contributed by atoms with Gasteiger partial charge in [0.15, 0.2) is 0 Å². The Morgan fingerprint density at radius 3 is 0.967 bits per heavy atom. The monoisotopic (exact) mass is 1310 g/mol. The molecule has 3 unspecified atom stereocenters. The van der Waals surface area contributed by atoms with Crippen LogP contribution >= 0.6 is 7.82 Å². The SMILES string of the molecule is CC/C=C\C/C=C\C/C=C\C/C=C\C/C=C\C/C=C\C/C=C\CCCCCCCCCCCCCCCCCCCC(=O)NC(COP(=O)([O-])OCC[N+](C)(C)C)C(O)/C=C/CCCCCCCCCCCCCCCCCCCCCCCCCCCCCCC. The summed E-state index contributed by atoms with van der Waals surface area (Å²) < 4.78 is 23.5. The number of nitrogens with one attached hydrogen (secondary N) is 1. The van der Waals surface area contributed by atoms with E-state index in [-0.39, 0.29) is 19.1 Å². The zero-order valence-electron chi connectivity index (χ0n) is 61.5. The van der Waals surface area contributed by atoms with Gasteiger partial charge in [-0.05, 0) is 77.0 Å². The van der Waals surface area contributed by atoms with E-state index in [1.807, 2.05) is 27.2 Å². The van der Waals surface area contributed by atoms with Crippen molar-refractivity contribution in [3.05, 3.63) is 97.2 Å². The second kappa shape index (κ2) is 72.7. The zero-order valence-corrected chi connectivity index (χ0v) is 62.4. The number of aliphatic hydroxyl groups is 1. The van der Waals surface area contributed by atoms with E-state index in [4.69, 9.17) is 9.05 Å². The smallest absolute Gasteiger partial charge is 0.268 e. The summed E-state index contributed by atoms with van der Waals surface area (Å²) in [6.07, 6.45) is 106. The van der Waals surface area contributed by atoms with E-state index < -0.39 is 20.0 Å². The third-order valence-corrected chi connectivity index (χ3v) is 18.8. The van der Waals surface area contributed by atoms with Crippen LogP contribution < -0.4 is 10.2 Å². The molecule has 0 spiro atoms. The number of aliphatic hydroxyl groups excluding tert-OH is 1. The van der Waals surface area contributed by atoms with Crippen LogP contribution in [0.15, 0.2) is 97.2 Å². The zero-order chi connectivity index (χ0) is 66.9. The molecule has 3 atom stereocenters. The van der Waals surface area contributed by atoms with E-state index in [2.05, 4.69) is 104 Å². The summed E-state index contributed by atoms with van der Waals surface area (Å²) >= 11 is 0. The van der Waals surface area contributed by atoms with Gasteiger partial charge in [-0.15, -0.1) is 0 Å². The van der Waals surface area contributed by atoms with E-state index in [1.54, 1.807) is 6.08 Å². The second-order valence-electron chi connectivity index (χ2n) is 28.0. The molecule has 0 bridgehead atoms. The number of rotatable bonds is 73. The van der Waals surface area contributed by atoms with Crippen LogP contribution in [0.1, 0.15) is 373 Å². The highest BCUT2D eigenvalue weighted by molar-refractivity contribution is 7.45. The Bertz CT molecular complexity index is 1830. The van der Waals surface area contributed by atoms with Gasteiger partial charge in [-0.3, -0.25) is 9.36 Å². The molecule has 9 heteroatoms. The van der Waals surface area contributed by atoms with Gasteiger partial charge in [-0.2, -0.15) is 0 Å². The third-order valence-electron chi connectivity index (χ3n) is 17.8. The normalized spacial score (nSPS) is 14.0. The number of phosphoric acid groups is 1. The fourth-order valence-corrected chi connectivity index (χ4v) is 12.5. The van der Waals surface area contributed by atoms with Crippen LogP contribution in [0.2, 0.25) is 0 Å². The highest BCUT2D eigenvalue weighted by Crippen LogP contribution is 2.38. The first-order valence-electron chi connectivity index (χ1n) is 39.6. The second-order valence-corrected chi connectivity index (χ2v) is 29.5. The Kier molecular flexibility index (Phi) is 70.6. The van der Waals surface area contributed by atoms with E-state index in [1.165, 1.54) is 270 Å². The lowest BCUT2D eigenvalue weighted by Crippen LogP contribution is -2.45. The van der Waals surface area contributed by atoms with Crippen LogP contribution in [0.25, 0.3) is 0 Å². The average molecular weight is 1310 g/mol. The summed E-state index contributed by atoms with van der Waals surface area (Å²) in [6, 6.07) is -0.892. The summed E-state index contributed by atoms with van der Waals surface area (Å²) in [5, 5.41) is 14.0. The molecule has 0 heterocycles. The predicted octanol–water partition coefficient (Wildman–Crippen LogP) is 25.4. The van der Waals surface area contributed by atoms with Crippen LogP contribution in [0, 0.1) is 0 Å². The molecule has 536 valence electrons. The molecule has 0 aliphatic rings. The molecular formula is C83H153N2O6P. The Morgan fingerprint density at radius 2 is 0.663 bits per heavy atom. The molecule has 0 rings (SSSR count). The van der Waals surface area contributed by atoms with Crippen LogP contribution in [0.4, 0.5) is 0 Å². The standard InChI is InChI=1S/C83H153N2O6P/c1-6-8-10-12-14-16-18-20-22-24-26-28-30-32-34-36-38-39-40-41-42-43-44-45-47-49-51-53-55-57-59-61-63-65-67-69-71-73-75-77-83(87)84-81(80-91-92(88,89)90-79-78-85(3,4)5)82(86)76-74-72-70-68-66-64-62-60-58-56-54-52-50-48-46-37-35-33-31-29-27-25-23-21-19-17-15-13-11-9-7-2/h8,10,14,16,20,22,26,28,32,34,38-39,41-42,74,76,81-82,86H,6-7,9,11-13,15,17-19,21,23-25,27,29-31,33,35-37,40,43-73,75,77-80H2,1-5H3,(H-,84,87,88,89)/b10-8-,16-14-,22-20-,28-26-,34-32-,39-38-,42-41-,76-74+. The molecule has 92 heavy (non-hydrogen) atoms. The maximum absolute atomic E-state index is 13.1. The first-order chi connectivity index (χ1) is 45.0. The summed E-state index contributed by atoms with van der Waals surface area (Å²) in [7, 11) is 1.27. The number of carbonyl (C=O) groups is 1. The maximum Gasteiger partial charge on any atom is 0.268 e. The number of quaternary nitrogens is 1. The Labute approximate surface area is 572 Å². The lowest BCUT2D eigenvalue weighted by molar-refractivity contribution is -0.870. The molecule has 2 N–H and O–H groups in total. The molecule has 0 saturated carbocycles. The quantitative estimate of drug-likeness (QED) is 0.0272. The highest BCUT2D eigenvalue weighted by atomic mass is 31.2. The van der Waals surface area contributed by atoms with Crippen molar-refractivity contribution in [3.63, 3.8) is 0 Å². The highest BCUT2D eigenvalue weighted by Gasteiger charge is 2.23. The van der Waals surface area contributed by atoms with Crippen LogP contribution in [0.3, 0.4) is 0 Å². The number of unbranched alkanes of at least 4 members (excludes halogenated alkanes) is 46. The first kappa shape index (κ1) is 89.4. The van der Waals surface area contributed by atoms with Crippen molar-refractivity contribution >= 4 is 13.7 Å². The van der Waals surface area contributed by atoms with Gasteiger partial charge in [-0.25, -0.2) is 0 Å². The van der Waals surface area contributed by atoms with Gasteiger partial charge in [0.05, 0.1) is 39.9 Å². The van der Waals surface area contributed by atoms with Crippen molar-refractivity contribution in [1.82, 2.24) is 5.32 Å². The minimum absolute atomic E-state index is 0.00218. The van der Waals surface area contributed by atoms with Crippen LogP contribution in [-0.2, 0) is 18.4 Å². The fourth-order valence-electron chi connectivity index (χ4n) is 11.7. The van der Waals surface area contributed by atoms with Gasteiger partial charge in [-0.1, -0.05) is 387 Å². The molecule has 0 aromatic rings. The molecule has 0 fully saturated rings. The lowest BCUT2D eigenvalue weighted by atomic mass is 10.0. The Morgan fingerprint density at radius 1 is 0.391 bits per heavy atom. The molecule has 0 aromatic heterocycles. The largest absolute Gasteiger partial charge is 0.756 e. The minimum Gasteiger partial charge on any atom is -0.756 e. The van der Waals surface area contributed by atoms with Crippen molar-refractivity contribution < 1.29 is 32.9 Å². The number of likely N-dealkylation sites (N-methyl/N-ethyl adjacent to an activating group) is 1. The fraction of sp³-hybridized carbons (Fsp3) is 0.795. The van der Waals surface area contributed by atoms with Crippen molar-refractivity contribution in [2.75, 3.05) is 40.9 Å². The van der Waals surface area contributed by atoms with E-state index in [9.17, 15) is 19.4 Å². The van der Waals surface area contributed by atoms with Crippen molar-refractivity contribution in [3.8, 4) is 0 Å². The molecule has 0 aliphatic heterocycles. The van der Waals surface area contributed by atoms with Gasteiger partial charge in [0, 0.05) is 6.42 Å². The first-order valence-corrected chi connectivity index (χ1v) is 41.1. The van der Waals surface area contributed by atoms with Gasteiger partial charge in [0.1, 0.15) is 13.2 Å². The summed E-state index contributed by atoms with van der Waals surface area (Å²) in [4.78, 5) is 25.7. The number of nitrogens with zero attached hydrogens (tertiary/aromatic N) is 1. The third kappa shape index (κ3) is 74.8. The predicted molar refractivity (Wildman–Crippen MR) is 403 cm³/mol. The summed E-state index contributed by atoms with van der Waals surface area (Å²) in [5.74, 6) is -0.194. The number of allylic oxidation sites excluding steroid dienone is 15. The molecule has 0 saturated heterocycles.